The zero-order chi connectivity index (χ0) is 43.0. The van der Waals surface area contributed by atoms with Crippen molar-refractivity contribution in [2.75, 3.05) is 13.2 Å². The number of hydrogen-bond donors (Lipinski definition) is 6. The first kappa shape index (κ1) is 55.9. The van der Waals surface area contributed by atoms with Gasteiger partial charge < -0.3 is 40.3 Å². The van der Waals surface area contributed by atoms with Gasteiger partial charge in [-0.15, -0.1) is 0 Å². The second-order valence-corrected chi connectivity index (χ2v) is 18.0. The molecule has 350 valence electrons. The lowest BCUT2D eigenvalue weighted by molar-refractivity contribution is -0.302. The van der Waals surface area contributed by atoms with Gasteiger partial charge in [0.25, 0.3) is 0 Å². The lowest BCUT2D eigenvalue weighted by Gasteiger charge is -2.40. The highest BCUT2D eigenvalue weighted by Gasteiger charge is 2.44. The molecule has 1 saturated heterocycles. The molecule has 1 fully saturated rings. The zero-order valence-corrected chi connectivity index (χ0v) is 38.5. The van der Waals surface area contributed by atoms with Gasteiger partial charge in [0.2, 0.25) is 5.91 Å². The molecule has 9 nitrogen and oxygen atoms in total. The van der Waals surface area contributed by atoms with Crippen LogP contribution in [0.4, 0.5) is 0 Å². The van der Waals surface area contributed by atoms with E-state index in [-0.39, 0.29) is 12.5 Å². The molecule has 1 aliphatic heterocycles. The molecule has 1 rings (SSSR count). The van der Waals surface area contributed by atoms with E-state index < -0.39 is 49.5 Å². The fourth-order valence-corrected chi connectivity index (χ4v) is 8.28. The minimum Gasteiger partial charge on any atom is -0.394 e. The average molecular weight is 840 g/mol. The van der Waals surface area contributed by atoms with Crippen LogP contribution in [-0.2, 0) is 14.3 Å². The zero-order valence-electron chi connectivity index (χ0n) is 38.5. The molecule has 0 aromatic carbocycles. The number of hydrogen-bond acceptors (Lipinski definition) is 8. The SMILES string of the molecule is CCCCCCCCCCCCC/C=C/C(O)[C@H](COC1OC(CO)C(O)C(O)C1O)NC(=O)CCCCCCCCCCCCCCCCCCCCCCCCC. The third-order valence-electron chi connectivity index (χ3n) is 12.4. The molecule has 0 spiro atoms. The molecule has 0 aromatic heterocycles. The van der Waals surface area contributed by atoms with Crippen molar-refractivity contribution in [2.24, 2.45) is 0 Å². The van der Waals surface area contributed by atoms with E-state index >= 15 is 0 Å². The van der Waals surface area contributed by atoms with Crippen molar-refractivity contribution in [3.05, 3.63) is 12.2 Å². The Morgan fingerprint density at radius 3 is 1.32 bits per heavy atom. The van der Waals surface area contributed by atoms with E-state index in [9.17, 15) is 30.3 Å². The Kier molecular flexibility index (Phi) is 38.9. The predicted octanol–water partition coefficient (Wildman–Crippen LogP) is 11.3. The van der Waals surface area contributed by atoms with Crippen LogP contribution in [0.5, 0.6) is 0 Å². The topological polar surface area (TPSA) is 149 Å². The van der Waals surface area contributed by atoms with Crippen LogP contribution in [0.15, 0.2) is 12.2 Å². The quantitative estimate of drug-likeness (QED) is 0.0263. The van der Waals surface area contributed by atoms with E-state index in [4.69, 9.17) is 9.47 Å². The Hall–Kier alpha value is -1.07. The summed E-state index contributed by atoms with van der Waals surface area (Å²) in [6, 6.07) is -0.798. The van der Waals surface area contributed by atoms with Crippen LogP contribution in [0.2, 0.25) is 0 Å². The fraction of sp³-hybridized carbons (Fsp3) is 0.940. The third kappa shape index (κ3) is 31.4. The van der Waals surface area contributed by atoms with Crippen LogP contribution < -0.4 is 5.32 Å². The number of amides is 1. The smallest absolute Gasteiger partial charge is 0.220 e. The monoisotopic (exact) mass is 840 g/mol. The number of nitrogens with one attached hydrogen (secondary N) is 1. The molecule has 0 saturated carbocycles. The lowest BCUT2D eigenvalue weighted by Crippen LogP contribution is -2.60. The van der Waals surface area contributed by atoms with Crippen molar-refractivity contribution in [2.45, 2.75) is 288 Å². The standard InChI is InChI=1S/C50H97NO8/c1-3-5-7-9-11-13-15-17-18-19-20-21-22-23-24-25-26-28-30-32-34-36-38-40-46(54)51-43(42-58-50-49(57)48(56)47(55)45(41-52)59-50)44(53)39-37-35-33-31-29-27-16-14-12-10-8-6-4-2/h37,39,43-45,47-50,52-53,55-57H,3-36,38,40-42H2,1-2H3,(H,51,54)/b39-37+/t43-,44?,45?,47?,48?,49?,50?/m0/s1. The van der Waals surface area contributed by atoms with Crippen LogP contribution in [0.25, 0.3) is 0 Å². The number of rotatable bonds is 43. The maximum Gasteiger partial charge on any atom is 0.220 e. The molecule has 6 N–H and O–H groups in total. The first-order chi connectivity index (χ1) is 28.8. The summed E-state index contributed by atoms with van der Waals surface area (Å²) in [5.74, 6) is -0.172. The summed E-state index contributed by atoms with van der Waals surface area (Å²) in [4.78, 5) is 13.0. The van der Waals surface area contributed by atoms with Crippen molar-refractivity contribution in [3.8, 4) is 0 Å². The van der Waals surface area contributed by atoms with Gasteiger partial charge in [0.15, 0.2) is 6.29 Å². The van der Waals surface area contributed by atoms with Crippen LogP contribution in [0.1, 0.15) is 245 Å². The molecular weight excluding hydrogens is 743 g/mol. The van der Waals surface area contributed by atoms with Gasteiger partial charge in [0.1, 0.15) is 24.4 Å². The number of allylic oxidation sites excluding steroid dienone is 1. The minimum absolute atomic E-state index is 0.172. The highest BCUT2D eigenvalue weighted by atomic mass is 16.7. The number of carbonyl (C=O) groups excluding carboxylic acids is 1. The maximum absolute atomic E-state index is 13.0. The van der Waals surface area contributed by atoms with Gasteiger partial charge in [-0.3, -0.25) is 4.79 Å². The minimum atomic E-state index is -1.56. The summed E-state index contributed by atoms with van der Waals surface area (Å²) < 4.78 is 11.2. The van der Waals surface area contributed by atoms with Crippen LogP contribution >= 0.6 is 0 Å². The van der Waals surface area contributed by atoms with E-state index in [1.807, 2.05) is 6.08 Å². The predicted molar refractivity (Wildman–Crippen MR) is 244 cm³/mol. The third-order valence-corrected chi connectivity index (χ3v) is 12.4. The molecule has 9 heteroatoms. The Morgan fingerprint density at radius 1 is 0.559 bits per heavy atom. The number of carbonyl (C=O) groups is 1. The van der Waals surface area contributed by atoms with Crippen molar-refractivity contribution in [1.29, 1.82) is 0 Å². The van der Waals surface area contributed by atoms with Gasteiger partial charge in [0.05, 0.1) is 25.4 Å². The van der Waals surface area contributed by atoms with E-state index in [0.717, 1.165) is 38.5 Å². The second kappa shape index (κ2) is 41.0. The first-order valence-corrected chi connectivity index (χ1v) is 25.4. The van der Waals surface area contributed by atoms with Gasteiger partial charge in [0, 0.05) is 6.42 Å². The Labute approximate surface area is 363 Å². The first-order valence-electron chi connectivity index (χ1n) is 25.4. The van der Waals surface area contributed by atoms with Crippen LogP contribution in [-0.4, -0.2) is 87.5 Å². The van der Waals surface area contributed by atoms with Crippen molar-refractivity contribution in [3.63, 3.8) is 0 Å². The van der Waals surface area contributed by atoms with Crippen LogP contribution in [0, 0.1) is 0 Å². The Balaban J connectivity index is 2.24. The van der Waals surface area contributed by atoms with Crippen molar-refractivity contribution < 1.29 is 39.8 Å². The van der Waals surface area contributed by atoms with Crippen molar-refractivity contribution in [1.82, 2.24) is 5.32 Å². The molecule has 1 amide bonds. The molecule has 6 unspecified atom stereocenters. The van der Waals surface area contributed by atoms with Gasteiger partial charge >= 0.3 is 0 Å². The molecule has 1 aliphatic rings. The Morgan fingerprint density at radius 2 is 0.932 bits per heavy atom. The average Bonchev–Trinajstić information content (AvgIpc) is 3.23. The molecule has 0 aliphatic carbocycles. The molecule has 59 heavy (non-hydrogen) atoms. The highest BCUT2D eigenvalue weighted by Crippen LogP contribution is 2.23. The van der Waals surface area contributed by atoms with Gasteiger partial charge in [-0.25, -0.2) is 0 Å². The van der Waals surface area contributed by atoms with E-state index in [2.05, 4.69) is 19.2 Å². The maximum atomic E-state index is 13.0. The fourth-order valence-electron chi connectivity index (χ4n) is 8.28. The number of aliphatic hydroxyl groups excluding tert-OH is 5. The highest BCUT2D eigenvalue weighted by molar-refractivity contribution is 5.76. The molecule has 1 heterocycles. The second-order valence-electron chi connectivity index (χ2n) is 18.0. The normalized spacial score (nSPS) is 20.7. The van der Waals surface area contributed by atoms with E-state index in [1.54, 1.807) is 6.08 Å². The number of unbranched alkanes of at least 4 members (excludes halogenated alkanes) is 33. The van der Waals surface area contributed by atoms with E-state index in [1.165, 1.54) is 186 Å². The largest absolute Gasteiger partial charge is 0.394 e. The summed E-state index contributed by atoms with van der Waals surface area (Å²) >= 11 is 0. The lowest BCUT2D eigenvalue weighted by atomic mass is 9.99. The molecule has 0 bridgehead atoms. The summed E-state index contributed by atoms with van der Waals surface area (Å²) in [6.07, 6.45) is 41.2. The summed E-state index contributed by atoms with van der Waals surface area (Å²) in [7, 11) is 0. The summed E-state index contributed by atoms with van der Waals surface area (Å²) in [6.45, 7) is 3.79. The molecule has 0 radical (unpaired) electrons. The molecule has 0 aromatic rings. The summed E-state index contributed by atoms with van der Waals surface area (Å²) in [5.41, 5.74) is 0. The van der Waals surface area contributed by atoms with Gasteiger partial charge in [-0.1, -0.05) is 231 Å². The Bertz CT molecular complexity index is 935. The summed E-state index contributed by atoms with van der Waals surface area (Å²) in [5, 5.41) is 54.3. The van der Waals surface area contributed by atoms with Crippen molar-refractivity contribution >= 4 is 5.91 Å². The molecular formula is C50H97NO8. The van der Waals surface area contributed by atoms with Gasteiger partial charge in [-0.2, -0.15) is 0 Å². The number of aliphatic hydroxyl groups is 5. The van der Waals surface area contributed by atoms with E-state index in [0.29, 0.717) is 6.42 Å². The molecule has 7 atom stereocenters. The van der Waals surface area contributed by atoms with Crippen LogP contribution in [0.3, 0.4) is 0 Å². The van der Waals surface area contributed by atoms with Gasteiger partial charge in [-0.05, 0) is 19.3 Å². The number of ether oxygens (including phenoxy) is 2.